The monoisotopic (exact) mass is 328 g/mol. The summed E-state index contributed by atoms with van der Waals surface area (Å²) in [5.74, 6) is 1.59. The van der Waals surface area contributed by atoms with E-state index in [9.17, 15) is 4.79 Å². The summed E-state index contributed by atoms with van der Waals surface area (Å²) < 4.78 is 11.1. The van der Waals surface area contributed by atoms with Crippen LogP contribution in [0.5, 0.6) is 5.75 Å². The molecule has 1 aliphatic carbocycles. The van der Waals surface area contributed by atoms with Crippen LogP contribution in [0.15, 0.2) is 28.8 Å². The number of carbonyl (C=O) groups is 1. The van der Waals surface area contributed by atoms with Crippen LogP contribution >= 0.6 is 0 Å². The Labute approximate surface area is 142 Å². The first-order chi connectivity index (χ1) is 11.6. The number of nitrogens with zero attached hydrogens (tertiary/aromatic N) is 1. The molecule has 0 radical (unpaired) electrons. The average Bonchev–Trinajstić information content (AvgIpc) is 3.16. The van der Waals surface area contributed by atoms with Crippen molar-refractivity contribution in [2.45, 2.75) is 58.5 Å². The Morgan fingerprint density at radius 3 is 2.83 bits per heavy atom. The van der Waals surface area contributed by atoms with Crippen LogP contribution in [0.4, 0.5) is 5.69 Å². The molecule has 0 unspecified atom stereocenters. The number of hydrogen-bond acceptors (Lipinski definition) is 4. The van der Waals surface area contributed by atoms with Gasteiger partial charge in [-0.15, -0.1) is 0 Å². The maximum atomic E-state index is 12.2. The number of nitrogens with one attached hydrogen (secondary N) is 1. The fourth-order valence-electron chi connectivity index (χ4n) is 3.17. The van der Waals surface area contributed by atoms with Crippen LogP contribution in [0.1, 0.15) is 49.1 Å². The minimum absolute atomic E-state index is 0.0204. The van der Waals surface area contributed by atoms with Gasteiger partial charge in [0.05, 0.1) is 11.8 Å². The maximum absolute atomic E-state index is 12.2. The van der Waals surface area contributed by atoms with Crippen LogP contribution < -0.4 is 10.1 Å². The molecule has 1 N–H and O–H groups in total. The van der Waals surface area contributed by atoms with E-state index in [1.54, 1.807) is 0 Å². The van der Waals surface area contributed by atoms with Crippen molar-refractivity contribution in [2.24, 2.45) is 0 Å². The topological polar surface area (TPSA) is 64.4 Å². The molecule has 5 heteroatoms. The van der Waals surface area contributed by atoms with Crippen molar-refractivity contribution in [1.29, 1.82) is 0 Å². The number of aromatic nitrogens is 1. The Kier molecular flexibility index (Phi) is 5.18. The van der Waals surface area contributed by atoms with Gasteiger partial charge in [-0.05, 0) is 58.1 Å². The van der Waals surface area contributed by atoms with E-state index in [-0.39, 0.29) is 5.91 Å². The lowest BCUT2D eigenvalue weighted by Crippen LogP contribution is -2.14. The summed E-state index contributed by atoms with van der Waals surface area (Å²) in [5, 5.41) is 6.85. The van der Waals surface area contributed by atoms with Gasteiger partial charge in [0, 0.05) is 23.7 Å². The minimum Gasteiger partial charge on any atom is -0.490 e. The first kappa shape index (κ1) is 16.6. The predicted octanol–water partition coefficient (Wildman–Crippen LogP) is 4.18. The summed E-state index contributed by atoms with van der Waals surface area (Å²) in [7, 11) is 0. The van der Waals surface area contributed by atoms with Crippen molar-refractivity contribution in [2.75, 3.05) is 5.32 Å². The molecule has 1 amide bonds. The van der Waals surface area contributed by atoms with Gasteiger partial charge in [0.2, 0.25) is 5.91 Å². The Balaban J connectivity index is 1.54. The van der Waals surface area contributed by atoms with Crippen LogP contribution in [0.3, 0.4) is 0 Å². The number of anilines is 1. The van der Waals surface area contributed by atoms with Gasteiger partial charge >= 0.3 is 0 Å². The second-order valence-electron chi connectivity index (χ2n) is 6.40. The van der Waals surface area contributed by atoms with Crippen LogP contribution in [0, 0.1) is 13.8 Å². The molecule has 0 saturated heterocycles. The van der Waals surface area contributed by atoms with Gasteiger partial charge in [-0.2, -0.15) is 0 Å². The molecule has 1 aromatic carbocycles. The maximum Gasteiger partial charge on any atom is 0.224 e. The van der Waals surface area contributed by atoms with E-state index in [2.05, 4.69) is 10.5 Å². The van der Waals surface area contributed by atoms with E-state index in [1.165, 1.54) is 12.8 Å². The van der Waals surface area contributed by atoms with E-state index in [1.807, 2.05) is 38.1 Å². The van der Waals surface area contributed by atoms with Crippen molar-refractivity contribution in [1.82, 2.24) is 5.16 Å². The van der Waals surface area contributed by atoms with E-state index < -0.39 is 0 Å². The molecule has 1 fully saturated rings. The van der Waals surface area contributed by atoms with Crippen molar-refractivity contribution in [3.63, 3.8) is 0 Å². The summed E-state index contributed by atoms with van der Waals surface area (Å²) >= 11 is 0. The molecule has 1 aromatic heterocycles. The highest BCUT2D eigenvalue weighted by Crippen LogP contribution is 2.26. The van der Waals surface area contributed by atoms with E-state index in [4.69, 9.17) is 9.26 Å². The molecule has 3 rings (SSSR count). The van der Waals surface area contributed by atoms with Crippen LogP contribution in [-0.2, 0) is 11.2 Å². The van der Waals surface area contributed by atoms with Gasteiger partial charge in [-0.3, -0.25) is 4.79 Å². The van der Waals surface area contributed by atoms with Gasteiger partial charge < -0.3 is 14.6 Å². The van der Waals surface area contributed by atoms with Crippen LogP contribution in [0.2, 0.25) is 0 Å². The number of benzene rings is 1. The van der Waals surface area contributed by atoms with Crippen molar-refractivity contribution >= 4 is 11.6 Å². The highest BCUT2D eigenvalue weighted by atomic mass is 16.5. The Morgan fingerprint density at radius 1 is 1.33 bits per heavy atom. The summed E-state index contributed by atoms with van der Waals surface area (Å²) in [6, 6.07) is 7.63. The third-order valence-electron chi connectivity index (χ3n) is 4.51. The molecular formula is C19H24N2O3. The summed E-state index contributed by atoms with van der Waals surface area (Å²) in [6.45, 7) is 3.77. The normalized spacial score (nSPS) is 14.8. The zero-order chi connectivity index (χ0) is 16.9. The molecule has 0 atom stereocenters. The smallest absolute Gasteiger partial charge is 0.224 e. The van der Waals surface area contributed by atoms with Crippen molar-refractivity contribution in [3.05, 3.63) is 41.3 Å². The van der Waals surface area contributed by atoms with Gasteiger partial charge in [0.15, 0.2) is 0 Å². The number of ether oxygens (including phenoxy) is 1. The van der Waals surface area contributed by atoms with Crippen LogP contribution in [0.25, 0.3) is 0 Å². The number of hydrogen-bond donors (Lipinski definition) is 1. The van der Waals surface area contributed by atoms with Crippen LogP contribution in [-0.4, -0.2) is 17.2 Å². The lowest BCUT2D eigenvalue weighted by atomic mass is 10.1. The molecule has 0 aliphatic heterocycles. The molecule has 0 bridgehead atoms. The number of carbonyl (C=O) groups excluding carboxylic acids is 1. The number of amides is 1. The Bertz CT molecular complexity index is 683. The third kappa shape index (κ3) is 4.16. The molecule has 1 aliphatic rings. The fraction of sp³-hybridized carbons (Fsp3) is 0.474. The lowest BCUT2D eigenvalue weighted by molar-refractivity contribution is -0.116. The quantitative estimate of drug-likeness (QED) is 0.864. The highest BCUT2D eigenvalue weighted by Gasteiger charge is 2.16. The molecule has 24 heavy (non-hydrogen) atoms. The summed E-state index contributed by atoms with van der Waals surface area (Å²) in [6.07, 6.45) is 6.06. The molecule has 5 nitrogen and oxygen atoms in total. The highest BCUT2D eigenvalue weighted by molar-refractivity contribution is 5.91. The second-order valence-corrected chi connectivity index (χ2v) is 6.40. The van der Waals surface area contributed by atoms with Gasteiger partial charge in [0.1, 0.15) is 11.5 Å². The van der Waals surface area contributed by atoms with E-state index in [0.29, 0.717) is 18.9 Å². The van der Waals surface area contributed by atoms with Gasteiger partial charge in [0.25, 0.3) is 0 Å². The molecule has 0 spiro atoms. The molecule has 1 heterocycles. The standard InChI is InChI=1S/C19H24N2O3/c1-13-18(14(2)24-21-13)10-11-19(22)20-15-6-5-9-17(12-15)23-16-7-3-4-8-16/h5-6,9,12,16H,3-4,7-8,10-11H2,1-2H3,(H,20,22). The average molecular weight is 328 g/mol. The lowest BCUT2D eigenvalue weighted by Gasteiger charge is -2.14. The Hall–Kier alpha value is -2.30. The second kappa shape index (κ2) is 7.51. The summed E-state index contributed by atoms with van der Waals surface area (Å²) in [5.41, 5.74) is 2.64. The number of rotatable bonds is 6. The largest absolute Gasteiger partial charge is 0.490 e. The van der Waals surface area contributed by atoms with Gasteiger partial charge in [-0.25, -0.2) is 0 Å². The minimum atomic E-state index is -0.0204. The SMILES string of the molecule is Cc1noc(C)c1CCC(=O)Nc1cccc(OC2CCCC2)c1. The summed E-state index contributed by atoms with van der Waals surface area (Å²) in [4.78, 5) is 12.2. The first-order valence-electron chi connectivity index (χ1n) is 8.60. The van der Waals surface area contributed by atoms with Crippen molar-refractivity contribution in [3.8, 4) is 5.75 Å². The Morgan fingerprint density at radius 2 is 2.12 bits per heavy atom. The van der Waals surface area contributed by atoms with Crippen molar-refractivity contribution < 1.29 is 14.1 Å². The molecule has 2 aromatic rings. The van der Waals surface area contributed by atoms with E-state index >= 15 is 0 Å². The molecular weight excluding hydrogens is 304 g/mol. The fourth-order valence-corrected chi connectivity index (χ4v) is 3.17. The zero-order valence-corrected chi connectivity index (χ0v) is 14.3. The molecule has 1 saturated carbocycles. The zero-order valence-electron chi connectivity index (χ0n) is 14.3. The third-order valence-corrected chi connectivity index (χ3v) is 4.51. The van der Waals surface area contributed by atoms with E-state index in [0.717, 1.165) is 41.3 Å². The predicted molar refractivity (Wildman–Crippen MR) is 92.3 cm³/mol. The van der Waals surface area contributed by atoms with Gasteiger partial charge in [-0.1, -0.05) is 11.2 Å². The number of aryl methyl sites for hydroxylation is 2. The first-order valence-corrected chi connectivity index (χ1v) is 8.60. The molecule has 128 valence electrons.